The number of sulfone groups is 1. The zero-order valence-corrected chi connectivity index (χ0v) is 13.0. The van der Waals surface area contributed by atoms with Crippen LogP contribution in [0, 0.1) is 5.92 Å². The Bertz CT molecular complexity index is 515. The number of hydrogen-bond acceptors (Lipinski definition) is 4. The van der Waals surface area contributed by atoms with E-state index in [1.54, 1.807) is 0 Å². The average molecular weight is 348 g/mol. The minimum absolute atomic E-state index is 0.0820. The highest BCUT2D eigenvalue weighted by Gasteiger charge is 2.31. The van der Waals surface area contributed by atoms with E-state index in [1.165, 1.54) is 0 Å². The van der Waals surface area contributed by atoms with Gasteiger partial charge in [-0.2, -0.15) is 0 Å². The SMILES string of the molecule is NC(CCOc1ccc(Br)cc1)C1CCS(=O)(=O)C1. The third-order valence-corrected chi connectivity index (χ3v) is 5.73. The van der Waals surface area contributed by atoms with Crippen molar-refractivity contribution in [1.82, 2.24) is 0 Å². The second kappa shape index (κ2) is 6.24. The summed E-state index contributed by atoms with van der Waals surface area (Å²) < 4.78 is 29.4. The summed E-state index contributed by atoms with van der Waals surface area (Å²) in [6.07, 6.45) is 1.36. The van der Waals surface area contributed by atoms with Gasteiger partial charge in [0.2, 0.25) is 0 Å². The van der Waals surface area contributed by atoms with Gasteiger partial charge in [0.05, 0.1) is 18.1 Å². The van der Waals surface area contributed by atoms with Gasteiger partial charge in [0.25, 0.3) is 0 Å². The molecule has 4 nitrogen and oxygen atoms in total. The smallest absolute Gasteiger partial charge is 0.150 e. The average Bonchev–Trinajstić information content (AvgIpc) is 2.72. The molecule has 0 spiro atoms. The Morgan fingerprint density at radius 1 is 1.37 bits per heavy atom. The molecule has 1 fully saturated rings. The molecule has 1 aliphatic heterocycles. The van der Waals surface area contributed by atoms with E-state index in [-0.39, 0.29) is 23.5 Å². The molecule has 1 aromatic rings. The van der Waals surface area contributed by atoms with Gasteiger partial charge < -0.3 is 10.5 Å². The summed E-state index contributed by atoms with van der Waals surface area (Å²) in [4.78, 5) is 0. The first-order chi connectivity index (χ1) is 8.96. The Kier molecular flexibility index (Phi) is 4.86. The molecule has 1 aliphatic rings. The number of rotatable bonds is 5. The van der Waals surface area contributed by atoms with Crippen LogP contribution >= 0.6 is 15.9 Å². The lowest BCUT2D eigenvalue weighted by molar-refractivity contribution is 0.279. The van der Waals surface area contributed by atoms with E-state index in [4.69, 9.17) is 10.5 Å². The molecule has 19 heavy (non-hydrogen) atoms. The fourth-order valence-electron chi connectivity index (χ4n) is 2.24. The lowest BCUT2D eigenvalue weighted by atomic mass is 9.98. The van der Waals surface area contributed by atoms with Crippen molar-refractivity contribution >= 4 is 25.8 Å². The fraction of sp³-hybridized carbons (Fsp3) is 0.538. The summed E-state index contributed by atoms with van der Waals surface area (Å²) in [6, 6.07) is 7.50. The third-order valence-electron chi connectivity index (χ3n) is 3.41. The number of nitrogens with two attached hydrogens (primary N) is 1. The predicted octanol–water partition coefficient (Wildman–Crippen LogP) is 1.98. The molecule has 0 amide bonds. The number of hydrogen-bond donors (Lipinski definition) is 1. The highest BCUT2D eigenvalue weighted by atomic mass is 79.9. The Hall–Kier alpha value is -0.590. The summed E-state index contributed by atoms with van der Waals surface area (Å²) in [7, 11) is -2.85. The van der Waals surface area contributed by atoms with E-state index in [2.05, 4.69) is 15.9 Å². The standard InChI is InChI=1S/C13H18BrNO3S/c14-11-1-3-12(4-2-11)18-7-5-13(15)10-6-8-19(16,17)9-10/h1-4,10,13H,5-9,15H2. The minimum Gasteiger partial charge on any atom is -0.494 e. The monoisotopic (exact) mass is 347 g/mol. The maximum Gasteiger partial charge on any atom is 0.150 e. The summed E-state index contributed by atoms with van der Waals surface area (Å²) in [6.45, 7) is 0.513. The van der Waals surface area contributed by atoms with Crippen LogP contribution in [0.3, 0.4) is 0 Å². The fourth-order valence-corrected chi connectivity index (χ4v) is 4.40. The molecule has 1 heterocycles. The van der Waals surface area contributed by atoms with Crippen LogP contribution in [0.25, 0.3) is 0 Å². The van der Waals surface area contributed by atoms with Crippen molar-refractivity contribution in [3.05, 3.63) is 28.7 Å². The molecular formula is C13H18BrNO3S. The first-order valence-electron chi connectivity index (χ1n) is 6.31. The highest BCUT2D eigenvalue weighted by molar-refractivity contribution is 9.10. The number of ether oxygens (including phenoxy) is 1. The van der Waals surface area contributed by atoms with E-state index < -0.39 is 9.84 Å². The Balaban J connectivity index is 1.75. The lowest BCUT2D eigenvalue weighted by Gasteiger charge is -2.17. The van der Waals surface area contributed by atoms with Crippen LogP contribution < -0.4 is 10.5 Å². The Morgan fingerprint density at radius 3 is 2.63 bits per heavy atom. The molecule has 1 saturated heterocycles. The molecule has 2 rings (SSSR count). The van der Waals surface area contributed by atoms with Crippen molar-refractivity contribution in [2.45, 2.75) is 18.9 Å². The summed E-state index contributed by atoms with van der Waals surface area (Å²) in [5.41, 5.74) is 6.04. The van der Waals surface area contributed by atoms with Gasteiger partial charge in [-0.25, -0.2) is 8.42 Å². The molecule has 2 N–H and O–H groups in total. The summed E-state index contributed by atoms with van der Waals surface area (Å²) in [5.74, 6) is 1.39. The van der Waals surface area contributed by atoms with Gasteiger partial charge in [0.15, 0.2) is 9.84 Å². The van der Waals surface area contributed by atoms with Crippen LogP contribution in [0.15, 0.2) is 28.7 Å². The molecule has 0 radical (unpaired) electrons. The Morgan fingerprint density at radius 2 is 2.05 bits per heavy atom. The van der Waals surface area contributed by atoms with E-state index in [0.717, 1.165) is 10.2 Å². The van der Waals surface area contributed by atoms with Crippen LogP contribution in [0.4, 0.5) is 0 Å². The minimum atomic E-state index is -2.85. The number of benzene rings is 1. The molecule has 2 atom stereocenters. The molecule has 6 heteroatoms. The van der Waals surface area contributed by atoms with Gasteiger partial charge in [-0.05, 0) is 43.0 Å². The van der Waals surface area contributed by atoms with Gasteiger partial charge in [0.1, 0.15) is 5.75 Å². The molecule has 0 aromatic heterocycles. The second-order valence-electron chi connectivity index (χ2n) is 4.92. The molecule has 0 bridgehead atoms. The van der Waals surface area contributed by atoms with E-state index in [9.17, 15) is 8.42 Å². The van der Waals surface area contributed by atoms with Crippen LogP contribution in [0.1, 0.15) is 12.8 Å². The lowest BCUT2D eigenvalue weighted by Crippen LogP contribution is -2.32. The zero-order valence-electron chi connectivity index (χ0n) is 10.6. The van der Waals surface area contributed by atoms with Gasteiger partial charge in [-0.1, -0.05) is 15.9 Å². The van der Waals surface area contributed by atoms with Crippen molar-refractivity contribution in [3.63, 3.8) is 0 Å². The maximum absolute atomic E-state index is 11.4. The topological polar surface area (TPSA) is 69.4 Å². The Labute approximate surface area is 122 Å². The van der Waals surface area contributed by atoms with E-state index >= 15 is 0 Å². The number of halogens is 1. The van der Waals surface area contributed by atoms with Crippen LogP contribution in [0.5, 0.6) is 5.75 Å². The molecule has 1 aromatic carbocycles. The van der Waals surface area contributed by atoms with Gasteiger partial charge in [0, 0.05) is 10.5 Å². The van der Waals surface area contributed by atoms with Gasteiger partial charge >= 0.3 is 0 Å². The van der Waals surface area contributed by atoms with Crippen molar-refractivity contribution in [3.8, 4) is 5.75 Å². The van der Waals surface area contributed by atoms with Crippen LogP contribution in [0.2, 0.25) is 0 Å². The first-order valence-corrected chi connectivity index (χ1v) is 8.92. The third kappa shape index (κ3) is 4.47. The van der Waals surface area contributed by atoms with Crippen LogP contribution in [-0.2, 0) is 9.84 Å². The largest absolute Gasteiger partial charge is 0.494 e. The van der Waals surface area contributed by atoms with Gasteiger partial charge in [-0.3, -0.25) is 0 Å². The second-order valence-corrected chi connectivity index (χ2v) is 8.06. The van der Waals surface area contributed by atoms with Crippen molar-refractivity contribution in [1.29, 1.82) is 0 Å². The van der Waals surface area contributed by atoms with Crippen molar-refractivity contribution in [2.24, 2.45) is 11.7 Å². The quantitative estimate of drug-likeness (QED) is 0.883. The van der Waals surface area contributed by atoms with Crippen molar-refractivity contribution < 1.29 is 13.2 Å². The maximum atomic E-state index is 11.4. The van der Waals surface area contributed by atoms with Gasteiger partial charge in [-0.15, -0.1) is 0 Å². The molecular weight excluding hydrogens is 330 g/mol. The van der Waals surface area contributed by atoms with Crippen molar-refractivity contribution in [2.75, 3.05) is 18.1 Å². The summed E-state index contributed by atoms with van der Waals surface area (Å²) >= 11 is 3.36. The highest BCUT2D eigenvalue weighted by Crippen LogP contribution is 2.22. The summed E-state index contributed by atoms with van der Waals surface area (Å²) in [5, 5.41) is 0. The molecule has 0 aliphatic carbocycles. The molecule has 2 unspecified atom stereocenters. The van der Waals surface area contributed by atoms with E-state index in [1.807, 2.05) is 24.3 Å². The van der Waals surface area contributed by atoms with Crippen LogP contribution in [-0.4, -0.2) is 32.6 Å². The molecule has 106 valence electrons. The normalized spacial score (nSPS) is 23.2. The zero-order chi connectivity index (χ0) is 13.9. The predicted molar refractivity (Wildman–Crippen MR) is 79.0 cm³/mol. The van der Waals surface area contributed by atoms with E-state index in [0.29, 0.717) is 19.4 Å². The molecule has 0 saturated carbocycles. The first kappa shape index (κ1) is 14.8.